The lowest BCUT2D eigenvalue weighted by molar-refractivity contribution is 0.333. The van der Waals surface area contributed by atoms with Gasteiger partial charge in [-0.3, -0.25) is 0 Å². The second kappa shape index (κ2) is 8.62. The van der Waals surface area contributed by atoms with Gasteiger partial charge in [0.25, 0.3) is 0 Å². The van der Waals surface area contributed by atoms with Crippen molar-refractivity contribution in [3.8, 4) is 22.8 Å². The fraction of sp³-hybridized carbons (Fsp3) is 0.133. The Morgan fingerprint density at radius 2 is 0.812 bits per heavy atom. The highest BCUT2D eigenvalue weighted by Crippen LogP contribution is 2.77. The Bertz CT molecular complexity index is 2530. The normalized spacial score (nSPS) is 23.6. The fourth-order valence-corrected chi connectivity index (χ4v) is 10.6. The zero-order valence-electron chi connectivity index (χ0n) is 26.4. The molecule has 7 aromatic rings. The van der Waals surface area contributed by atoms with Gasteiger partial charge in [-0.1, -0.05) is 121 Å². The average Bonchev–Trinajstić information content (AvgIpc) is 3.34. The number of aromatic nitrogens is 3. The summed E-state index contributed by atoms with van der Waals surface area (Å²) in [6, 6.07) is 50.0. The van der Waals surface area contributed by atoms with Gasteiger partial charge in [-0.15, -0.1) is 0 Å². The van der Waals surface area contributed by atoms with Crippen LogP contribution in [0.3, 0.4) is 0 Å². The standard InChI is InChI=1S/C45H29N3/c1-24-46-43(25-18-20-31-35(22-25)40-29-12-4-2-10-27(29)39(31)28-11-3-5-13-30(28)40)48-44(47-24)26-19-21-32-36(23-26)42-34-15-7-9-17-38(34)45(42)37-16-8-6-14-33(37)41(32)45/h2-23,39-42H,1H3. The molecule has 6 aliphatic carbocycles. The Morgan fingerprint density at radius 3 is 1.38 bits per heavy atom. The second-order valence-corrected chi connectivity index (χ2v) is 14.3. The van der Waals surface area contributed by atoms with Gasteiger partial charge in [-0.25, -0.2) is 15.0 Å². The van der Waals surface area contributed by atoms with Crippen LogP contribution in [0.4, 0.5) is 0 Å². The summed E-state index contributed by atoms with van der Waals surface area (Å²) in [6.07, 6.45) is 0. The molecule has 0 saturated carbocycles. The molecule has 1 aromatic heterocycles. The molecule has 1 spiro atoms. The van der Waals surface area contributed by atoms with Crippen LogP contribution in [0.25, 0.3) is 22.8 Å². The zero-order valence-corrected chi connectivity index (χ0v) is 26.4. The molecule has 3 nitrogen and oxygen atoms in total. The minimum absolute atomic E-state index is 0.0636. The number of hydrogen-bond acceptors (Lipinski definition) is 3. The van der Waals surface area contributed by atoms with Gasteiger partial charge < -0.3 is 0 Å². The summed E-state index contributed by atoms with van der Waals surface area (Å²) in [7, 11) is 0. The van der Waals surface area contributed by atoms with Crippen LogP contribution in [-0.4, -0.2) is 15.0 Å². The number of nitrogens with zero attached hydrogens (tertiary/aromatic N) is 3. The Morgan fingerprint density at radius 1 is 0.396 bits per heavy atom. The fourth-order valence-electron chi connectivity index (χ4n) is 10.6. The molecule has 0 radical (unpaired) electrons. The summed E-state index contributed by atoms with van der Waals surface area (Å²) in [4.78, 5) is 15.0. The van der Waals surface area contributed by atoms with E-state index in [2.05, 4.69) is 133 Å². The van der Waals surface area contributed by atoms with Gasteiger partial charge >= 0.3 is 0 Å². The van der Waals surface area contributed by atoms with E-state index in [1.54, 1.807) is 0 Å². The third-order valence-corrected chi connectivity index (χ3v) is 12.3. The topological polar surface area (TPSA) is 38.7 Å². The molecule has 3 unspecified atom stereocenters. The van der Waals surface area contributed by atoms with Crippen molar-refractivity contribution in [2.24, 2.45) is 0 Å². The molecule has 6 aromatic carbocycles. The van der Waals surface area contributed by atoms with Crippen LogP contribution in [0.5, 0.6) is 0 Å². The summed E-state index contributed by atoms with van der Waals surface area (Å²) in [5, 5.41) is 0. The molecule has 3 heteroatoms. The third-order valence-electron chi connectivity index (χ3n) is 12.3. The van der Waals surface area contributed by atoms with Crippen LogP contribution in [-0.2, 0) is 5.41 Å². The van der Waals surface area contributed by atoms with Crippen LogP contribution in [0.15, 0.2) is 133 Å². The van der Waals surface area contributed by atoms with Crippen LogP contribution in [0, 0.1) is 6.92 Å². The number of rotatable bonds is 2. The van der Waals surface area contributed by atoms with Crippen LogP contribution in [0.2, 0.25) is 0 Å². The molecular weight excluding hydrogens is 583 g/mol. The molecule has 0 N–H and O–H groups in total. The van der Waals surface area contributed by atoms with Gasteiger partial charge in [-0.2, -0.15) is 0 Å². The summed E-state index contributed by atoms with van der Waals surface area (Å²) in [5.74, 6) is 3.48. The lowest BCUT2D eigenvalue weighted by Crippen LogP contribution is -2.52. The molecule has 0 saturated heterocycles. The highest BCUT2D eigenvalue weighted by atomic mass is 15.0. The molecule has 0 amide bonds. The van der Waals surface area contributed by atoms with Gasteiger partial charge in [0.2, 0.25) is 0 Å². The van der Waals surface area contributed by atoms with Crippen molar-refractivity contribution in [3.05, 3.63) is 206 Å². The van der Waals surface area contributed by atoms with Crippen molar-refractivity contribution in [1.29, 1.82) is 0 Å². The summed E-state index contributed by atoms with van der Waals surface area (Å²) < 4.78 is 0. The van der Waals surface area contributed by atoms with E-state index in [0.717, 1.165) is 28.6 Å². The first kappa shape index (κ1) is 25.4. The Balaban J connectivity index is 0.980. The van der Waals surface area contributed by atoms with Gasteiger partial charge in [-0.05, 0) is 85.8 Å². The molecule has 224 valence electrons. The Labute approximate surface area is 279 Å². The zero-order chi connectivity index (χ0) is 31.3. The largest absolute Gasteiger partial charge is 0.213 e. The molecule has 1 heterocycles. The highest BCUT2D eigenvalue weighted by Gasteiger charge is 2.69. The van der Waals surface area contributed by atoms with Gasteiger partial charge in [0.05, 0.1) is 0 Å². The van der Waals surface area contributed by atoms with E-state index in [4.69, 9.17) is 15.0 Å². The molecule has 6 aliphatic rings. The van der Waals surface area contributed by atoms with Crippen molar-refractivity contribution in [3.63, 3.8) is 0 Å². The van der Waals surface area contributed by atoms with Crippen LogP contribution in [0.1, 0.15) is 96.3 Å². The first-order chi connectivity index (χ1) is 23.7. The Hall–Kier alpha value is -5.67. The quantitative estimate of drug-likeness (QED) is 0.196. The van der Waals surface area contributed by atoms with Crippen molar-refractivity contribution in [1.82, 2.24) is 15.0 Å². The molecule has 3 atom stereocenters. The summed E-state index contributed by atoms with van der Waals surface area (Å²) in [5.41, 5.74) is 19.5. The predicted molar refractivity (Wildman–Crippen MR) is 188 cm³/mol. The van der Waals surface area contributed by atoms with E-state index in [-0.39, 0.29) is 17.3 Å². The number of aryl methyl sites for hydroxylation is 1. The van der Waals surface area contributed by atoms with Gasteiger partial charge in [0, 0.05) is 40.2 Å². The van der Waals surface area contributed by atoms with Gasteiger partial charge in [0.15, 0.2) is 11.6 Å². The smallest absolute Gasteiger partial charge is 0.163 e. The van der Waals surface area contributed by atoms with E-state index in [1.165, 1.54) is 66.8 Å². The van der Waals surface area contributed by atoms with Crippen molar-refractivity contribution in [2.75, 3.05) is 0 Å². The molecule has 0 aliphatic heterocycles. The highest BCUT2D eigenvalue weighted by molar-refractivity contribution is 5.80. The van der Waals surface area contributed by atoms with Crippen molar-refractivity contribution in [2.45, 2.75) is 36.0 Å². The number of fused-ring (bicyclic) bond motifs is 7. The van der Waals surface area contributed by atoms with Crippen LogP contribution >= 0.6 is 0 Å². The first-order valence-electron chi connectivity index (χ1n) is 17.1. The van der Waals surface area contributed by atoms with Crippen molar-refractivity contribution >= 4 is 0 Å². The monoisotopic (exact) mass is 611 g/mol. The number of hydrogen-bond donors (Lipinski definition) is 0. The maximum Gasteiger partial charge on any atom is 0.163 e. The van der Waals surface area contributed by atoms with Gasteiger partial charge in [0.1, 0.15) is 5.82 Å². The SMILES string of the molecule is Cc1nc(-c2ccc3c(c2)C2c4ccccc4C3c3ccccc32)nc(-c2ccc3c(c2)C2c4ccccc4C24c2ccccc2C34)n1. The summed E-state index contributed by atoms with van der Waals surface area (Å²) in [6.45, 7) is 1.99. The Kier molecular flexibility index (Phi) is 4.56. The third kappa shape index (κ3) is 2.84. The van der Waals surface area contributed by atoms with Crippen LogP contribution < -0.4 is 0 Å². The van der Waals surface area contributed by atoms with Crippen molar-refractivity contribution < 1.29 is 0 Å². The average molecular weight is 612 g/mol. The summed E-state index contributed by atoms with van der Waals surface area (Å²) >= 11 is 0. The molecule has 0 fully saturated rings. The lowest BCUT2D eigenvalue weighted by atomic mass is 9.43. The molecule has 13 rings (SSSR count). The first-order valence-corrected chi connectivity index (χ1v) is 17.1. The van der Waals surface area contributed by atoms with E-state index < -0.39 is 0 Å². The number of benzene rings is 6. The maximum atomic E-state index is 5.17. The minimum Gasteiger partial charge on any atom is -0.213 e. The van der Waals surface area contributed by atoms with E-state index >= 15 is 0 Å². The van der Waals surface area contributed by atoms with E-state index in [0.29, 0.717) is 11.8 Å². The van der Waals surface area contributed by atoms with E-state index in [1.807, 2.05) is 6.92 Å². The predicted octanol–water partition coefficient (Wildman–Crippen LogP) is 9.39. The van der Waals surface area contributed by atoms with E-state index in [9.17, 15) is 0 Å². The maximum absolute atomic E-state index is 5.17. The molecular formula is C45H29N3. The molecule has 48 heavy (non-hydrogen) atoms. The second-order valence-electron chi connectivity index (χ2n) is 14.3. The minimum atomic E-state index is 0.0636. The molecule has 2 bridgehead atoms. The lowest BCUT2D eigenvalue weighted by Gasteiger charge is -2.58.